The lowest BCUT2D eigenvalue weighted by atomic mass is 10.0. The molecule has 0 aliphatic rings. The molecule has 0 aliphatic heterocycles. The number of ketones is 1. The number of aryl methyl sites for hydroxylation is 2. The van der Waals surface area contributed by atoms with Gasteiger partial charge in [0.25, 0.3) is 0 Å². The molecule has 0 aliphatic carbocycles. The van der Waals surface area contributed by atoms with Gasteiger partial charge in [-0.2, -0.15) is 5.10 Å². The maximum atomic E-state index is 12.3. The highest BCUT2D eigenvalue weighted by Crippen LogP contribution is 2.16. The third-order valence-electron chi connectivity index (χ3n) is 4.37. The van der Waals surface area contributed by atoms with E-state index in [-0.39, 0.29) is 12.4 Å². The molecule has 5 nitrogen and oxygen atoms in total. The number of esters is 1. The fourth-order valence-electron chi connectivity index (χ4n) is 2.81. The summed E-state index contributed by atoms with van der Waals surface area (Å²) in [7, 11) is 1.85. The van der Waals surface area contributed by atoms with Gasteiger partial charge in [0.1, 0.15) is 0 Å². The number of carbonyl (C=O) groups excluding carboxylic acids is 2. The number of hydrogen-bond donors (Lipinski definition) is 0. The molecule has 3 aromatic rings. The van der Waals surface area contributed by atoms with Gasteiger partial charge in [0, 0.05) is 29.9 Å². The molecule has 0 saturated carbocycles. The monoisotopic (exact) mass is 348 g/mol. The van der Waals surface area contributed by atoms with Crippen molar-refractivity contribution in [3.05, 3.63) is 71.1 Å². The standard InChI is InChI=1S/C21H20N2O3/c1-14-19(15(2)23(3)22-14)10-11-21(25)26-13-20(24)18-9-8-16-6-4-5-7-17(16)12-18/h4-12H,13H2,1-3H3/b11-10+. The normalized spacial score (nSPS) is 11.2. The quantitative estimate of drug-likeness (QED) is 0.401. The van der Waals surface area contributed by atoms with E-state index in [1.165, 1.54) is 6.08 Å². The molecule has 0 radical (unpaired) electrons. The van der Waals surface area contributed by atoms with Crippen LogP contribution in [0.15, 0.2) is 48.5 Å². The molecule has 5 heteroatoms. The van der Waals surface area contributed by atoms with Crippen molar-refractivity contribution in [3.8, 4) is 0 Å². The number of benzene rings is 2. The first-order valence-electron chi connectivity index (χ1n) is 8.33. The van der Waals surface area contributed by atoms with Crippen molar-refractivity contribution >= 4 is 28.6 Å². The lowest BCUT2D eigenvalue weighted by Gasteiger charge is -2.04. The molecule has 0 fully saturated rings. The summed E-state index contributed by atoms with van der Waals surface area (Å²) in [6, 6.07) is 13.2. The Kier molecular flexibility index (Phi) is 4.98. The Morgan fingerprint density at radius 2 is 1.85 bits per heavy atom. The zero-order valence-corrected chi connectivity index (χ0v) is 15.0. The van der Waals surface area contributed by atoms with Crippen molar-refractivity contribution in [1.82, 2.24) is 9.78 Å². The minimum Gasteiger partial charge on any atom is -0.454 e. The van der Waals surface area contributed by atoms with Gasteiger partial charge in [0.2, 0.25) is 0 Å². The van der Waals surface area contributed by atoms with E-state index in [0.29, 0.717) is 5.56 Å². The Hall–Kier alpha value is -3.21. The predicted molar refractivity (Wildman–Crippen MR) is 101 cm³/mol. The number of nitrogens with zero attached hydrogens (tertiary/aromatic N) is 2. The molecule has 0 amide bonds. The van der Waals surface area contributed by atoms with Gasteiger partial charge in [-0.15, -0.1) is 0 Å². The summed E-state index contributed by atoms with van der Waals surface area (Å²) in [6.07, 6.45) is 2.99. The van der Waals surface area contributed by atoms with Gasteiger partial charge in [0.15, 0.2) is 12.4 Å². The summed E-state index contributed by atoms with van der Waals surface area (Å²) in [5.74, 6) is -0.784. The number of rotatable bonds is 5. The summed E-state index contributed by atoms with van der Waals surface area (Å²) < 4.78 is 6.83. The number of fused-ring (bicyclic) bond motifs is 1. The highest BCUT2D eigenvalue weighted by Gasteiger charge is 2.10. The minimum absolute atomic E-state index is 0.230. The second kappa shape index (κ2) is 7.35. The fraction of sp³-hybridized carbons (Fsp3) is 0.190. The summed E-state index contributed by atoms with van der Waals surface area (Å²) in [4.78, 5) is 24.2. The maximum absolute atomic E-state index is 12.3. The van der Waals surface area contributed by atoms with E-state index in [2.05, 4.69) is 5.10 Å². The Balaban J connectivity index is 1.63. The van der Waals surface area contributed by atoms with E-state index in [9.17, 15) is 9.59 Å². The third kappa shape index (κ3) is 3.72. The summed E-state index contributed by atoms with van der Waals surface area (Å²) in [5, 5.41) is 6.33. The molecule has 1 heterocycles. The van der Waals surface area contributed by atoms with E-state index in [4.69, 9.17) is 4.74 Å². The van der Waals surface area contributed by atoms with Gasteiger partial charge in [-0.05, 0) is 36.8 Å². The molecule has 3 rings (SSSR count). The molecule has 2 aromatic carbocycles. The Bertz CT molecular complexity index is 1020. The molecular formula is C21H20N2O3. The first-order chi connectivity index (χ1) is 12.5. The molecule has 0 N–H and O–H groups in total. The van der Waals surface area contributed by atoms with Crippen LogP contribution in [0, 0.1) is 13.8 Å². The zero-order chi connectivity index (χ0) is 18.7. The van der Waals surface area contributed by atoms with Gasteiger partial charge in [-0.1, -0.05) is 36.4 Å². The van der Waals surface area contributed by atoms with E-state index >= 15 is 0 Å². The van der Waals surface area contributed by atoms with Crippen LogP contribution in [0.3, 0.4) is 0 Å². The maximum Gasteiger partial charge on any atom is 0.331 e. The summed E-state index contributed by atoms with van der Waals surface area (Å²) in [6.45, 7) is 3.52. The van der Waals surface area contributed by atoms with Crippen LogP contribution in [0.5, 0.6) is 0 Å². The second-order valence-electron chi connectivity index (χ2n) is 6.13. The number of Topliss-reactive ketones (excluding diaryl/α,β-unsaturated/α-hetero) is 1. The van der Waals surface area contributed by atoms with E-state index in [0.717, 1.165) is 27.7 Å². The first-order valence-corrected chi connectivity index (χ1v) is 8.33. The predicted octanol–water partition coefficient (Wildman–Crippen LogP) is 3.63. The van der Waals surface area contributed by atoms with Crippen LogP contribution in [0.4, 0.5) is 0 Å². The number of hydrogen-bond acceptors (Lipinski definition) is 4. The van der Waals surface area contributed by atoms with Crippen LogP contribution >= 0.6 is 0 Å². The van der Waals surface area contributed by atoms with Crippen molar-refractivity contribution in [2.75, 3.05) is 6.61 Å². The lowest BCUT2D eigenvalue weighted by Crippen LogP contribution is -2.12. The summed E-state index contributed by atoms with van der Waals surface area (Å²) in [5.41, 5.74) is 3.20. The van der Waals surface area contributed by atoms with Gasteiger partial charge in [-0.25, -0.2) is 4.79 Å². The second-order valence-corrected chi connectivity index (χ2v) is 6.13. The average molecular weight is 348 g/mol. The van der Waals surface area contributed by atoms with Crippen LogP contribution < -0.4 is 0 Å². The van der Waals surface area contributed by atoms with Crippen LogP contribution in [0.2, 0.25) is 0 Å². The van der Waals surface area contributed by atoms with E-state index < -0.39 is 5.97 Å². The molecule has 0 spiro atoms. The van der Waals surface area contributed by atoms with Crippen molar-refractivity contribution in [3.63, 3.8) is 0 Å². The molecular weight excluding hydrogens is 328 g/mol. The Labute approximate surface area is 151 Å². The molecule has 0 atom stereocenters. The van der Waals surface area contributed by atoms with Gasteiger partial charge >= 0.3 is 5.97 Å². The number of ether oxygens (including phenoxy) is 1. The van der Waals surface area contributed by atoms with Crippen LogP contribution in [0.1, 0.15) is 27.3 Å². The molecule has 132 valence electrons. The average Bonchev–Trinajstić information content (AvgIpc) is 2.89. The molecule has 1 aromatic heterocycles. The van der Waals surface area contributed by atoms with E-state index in [1.807, 2.05) is 57.3 Å². The highest BCUT2D eigenvalue weighted by molar-refractivity contribution is 6.01. The fourth-order valence-corrected chi connectivity index (χ4v) is 2.81. The lowest BCUT2D eigenvalue weighted by molar-refractivity contribution is -0.136. The smallest absolute Gasteiger partial charge is 0.331 e. The van der Waals surface area contributed by atoms with Gasteiger partial charge in [-0.3, -0.25) is 9.48 Å². The van der Waals surface area contributed by atoms with Crippen LogP contribution in [-0.4, -0.2) is 28.1 Å². The molecule has 0 unspecified atom stereocenters. The SMILES string of the molecule is Cc1nn(C)c(C)c1/C=C/C(=O)OCC(=O)c1ccc2ccccc2c1. The van der Waals surface area contributed by atoms with Crippen LogP contribution in [-0.2, 0) is 16.6 Å². The van der Waals surface area contributed by atoms with Crippen molar-refractivity contribution in [2.24, 2.45) is 7.05 Å². The largest absolute Gasteiger partial charge is 0.454 e. The summed E-state index contributed by atoms with van der Waals surface area (Å²) >= 11 is 0. The molecule has 0 bridgehead atoms. The first kappa shape index (κ1) is 17.6. The van der Waals surface area contributed by atoms with Gasteiger partial charge in [0.05, 0.1) is 5.69 Å². The zero-order valence-electron chi connectivity index (χ0n) is 15.0. The topological polar surface area (TPSA) is 61.2 Å². The number of carbonyl (C=O) groups is 2. The highest BCUT2D eigenvalue weighted by atomic mass is 16.5. The Morgan fingerprint density at radius 1 is 1.12 bits per heavy atom. The number of aromatic nitrogens is 2. The van der Waals surface area contributed by atoms with Crippen molar-refractivity contribution in [1.29, 1.82) is 0 Å². The minimum atomic E-state index is -0.554. The van der Waals surface area contributed by atoms with Crippen molar-refractivity contribution in [2.45, 2.75) is 13.8 Å². The van der Waals surface area contributed by atoms with E-state index in [1.54, 1.807) is 16.8 Å². The van der Waals surface area contributed by atoms with Crippen molar-refractivity contribution < 1.29 is 14.3 Å². The van der Waals surface area contributed by atoms with Gasteiger partial charge < -0.3 is 4.74 Å². The molecule has 26 heavy (non-hydrogen) atoms. The Morgan fingerprint density at radius 3 is 2.54 bits per heavy atom. The van der Waals surface area contributed by atoms with Crippen LogP contribution in [0.25, 0.3) is 16.8 Å². The third-order valence-corrected chi connectivity index (χ3v) is 4.37. The molecule has 0 saturated heterocycles.